The smallest absolute Gasteiger partial charge is 0.340 e. The molecule has 0 aliphatic carbocycles. The van der Waals surface area contributed by atoms with Crippen molar-refractivity contribution in [3.63, 3.8) is 0 Å². The molecule has 0 unspecified atom stereocenters. The highest BCUT2D eigenvalue weighted by atomic mass is 16.5. The first-order chi connectivity index (χ1) is 13.8. The molecule has 0 bridgehead atoms. The molecule has 156 valence electrons. The van der Waals surface area contributed by atoms with E-state index in [0.29, 0.717) is 23.4 Å². The van der Waals surface area contributed by atoms with Gasteiger partial charge in [0.2, 0.25) is 0 Å². The number of nitrogens with one attached hydrogen (secondary N) is 3. The van der Waals surface area contributed by atoms with Crippen LogP contribution >= 0.6 is 0 Å². The second-order valence-electron chi connectivity index (χ2n) is 6.65. The number of nitrogens with zero attached hydrogens (tertiary/aromatic N) is 3. The van der Waals surface area contributed by atoms with Gasteiger partial charge in [-0.25, -0.2) is 19.8 Å². The van der Waals surface area contributed by atoms with E-state index >= 15 is 0 Å². The van der Waals surface area contributed by atoms with Crippen LogP contribution in [0.3, 0.4) is 0 Å². The topological polar surface area (TPSA) is 147 Å². The number of methoxy groups -OCH3 is 1. The van der Waals surface area contributed by atoms with E-state index < -0.39 is 23.9 Å². The maximum atomic E-state index is 12.1. The number of hydrogen-bond acceptors (Lipinski definition) is 7. The van der Waals surface area contributed by atoms with Gasteiger partial charge in [0.15, 0.2) is 0 Å². The number of ether oxygens (including phenoxy) is 1. The largest absolute Gasteiger partial charge is 0.465 e. The lowest BCUT2D eigenvalue weighted by Gasteiger charge is -2.18. The maximum Gasteiger partial charge on any atom is 0.340 e. The monoisotopic (exact) mass is 404 g/mol. The molecule has 4 N–H and O–H groups in total. The molecule has 0 fully saturated rings. The summed E-state index contributed by atoms with van der Waals surface area (Å²) >= 11 is 0. The summed E-state index contributed by atoms with van der Waals surface area (Å²) < 4.78 is 6.17. The molecule has 0 saturated carbocycles. The van der Waals surface area contributed by atoms with Gasteiger partial charge in [-0.15, -0.1) is 5.10 Å². The number of aromatic nitrogens is 3. The van der Waals surface area contributed by atoms with Crippen LogP contribution in [0.5, 0.6) is 0 Å². The molecule has 1 aromatic heterocycles. The van der Waals surface area contributed by atoms with Crippen molar-refractivity contribution < 1.29 is 24.3 Å². The lowest BCUT2D eigenvalue weighted by atomic mass is 10.0. The van der Waals surface area contributed by atoms with E-state index in [2.05, 4.69) is 20.9 Å². The van der Waals surface area contributed by atoms with Crippen LogP contribution in [0.1, 0.15) is 36.3 Å². The van der Waals surface area contributed by atoms with Crippen LogP contribution in [-0.2, 0) is 16.1 Å². The van der Waals surface area contributed by atoms with Crippen molar-refractivity contribution in [3.05, 3.63) is 41.7 Å². The fourth-order valence-electron chi connectivity index (χ4n) is 2.61. The van der Waals surface area contributed by atoms with Crippen LogP contribution in [0, 0.1) is 5.92 Å². The Balaban J connectivity index is 2.01. The molecule has 1 atom stereocenters. The molecular formula is C18H24N6O5. The molecule has 1 heterocycles. The van der Waals surface area contributed by atoms with Crippen molar-refractivity contribution in [1.29, 1.82) is 0 Å². The van der Waals surface area contributed by atoms with Gasteiger partial charge in [-0.3, -0.25) is 10.0 Å². The Morgan fingerprint density at radius 2 is 1.97 bits per heavy atom. The van der Waals surface area contributed by atoms with Crippen molar-refractivity contribution in [2.75, 3.05) is 7.11 Å². The minimum Gasteiger partial charge on any atom is -0.465 e. The third kappa shape index (κ3) is 6.01. The highest BCUT2D eigenvalue weighted by Gasteiger charge is 2.21. The summed E-state index contributed by atoms with van der Waals surface area (Å²) in [6.45, 7) is 3.82. The van der Waals surface area contributed by atoms with Crippen LogP contribution in [-0.4, -0.2) is 51.3 Å². The molecular weight excluding hydrogens is 380 g/mol. The average molecular weight is 404 g/mol. The van der Waals surface area contributed by atoms with E-state index in [1.54, 1.807) is 35.9 Å². The molecule has 11 nitrogen and oxygen atoms in total. The fourth-order valence-corrected chi connectivity index (χ4v) is 2.61. The zero-order valence-electron chi connectivity index (χ0n) is 16.4. The first kappa shape index (κ1) is 21.8. The molecule has 29 heavy (non-hydrogen) atoms. The summed E-state index contributed by atoms with van der Waals surface area (Å²) in [5, 5.41) is 21.8. The van der Waals surface area contributed by atoms with Crippen LogP contribution in [0.4, 0.5) is 4.79 Å². The van der Waals surface area contributed by atoms with Crippen molar-refractivity contribution in [3.8, 4) is 5.69 Å². The average Bonchev–Trinajstić information content (AvgIpc) is 3.19. The van der Waals surface area contributed by atoms with Gasteiger partial charge in [-0.2, -0.15) is 0 Å². The van der Waals surface area contributed by atoms with Crippen LogP contribution < -0.4 is 16.1 Å². The highest BCUT2D eigenvalue weighted by molar-refractivity contribution is 5.93. The van der Waals surface area contributed by atoms with E-state index in [0.717, 1.165) is 0 Å². The summed E-state index contributed by atoms with van der Waals surface area (Å²) in [4.78, 5) is 35.6. The van der Waals surface area contributed by atoms with Gasteiger partial charge in [-0.1, -0.05) is 31.2 Å². The molecule has 3 amide bonds. The molecule has 0 aliphatic rings. The third-order valence-electron chi connectivity index (χ3n) is 3.97. The lowest BCUT2D eigenvalue weighted by Crippen LogP contribution is -2.49. The molecule has 1 aromatic carbocycles. The normalized spacial score (nSPS) is 11.6. The number of carbonyl (C=O) groups is 3. The number of hydroxylamine groups is 1. The first-order valence-electron chi connectivity index (χ1n) is 8.93. The second-order valence-corrected chi connectivity index (χ2v) is 6.65. The van der Waals surface area contributed by atoms with Crippen molar-refractivity contribution >= 4 is 17.9 Å². The van der Waals surface area contributed by atoms with Crippen LogP contribution in [0.2, 0.25) is 0 Å². The van der Waals surface area contributed by atoms with Crippen LogP contribution in [0.25, 0.3) is 5.69 Å². The first-order valence-corrected chi connectivity index (χ1v) is 8.93. The van der Waals surface area contributed by atoms with Gasteiger partial charge >= 0.3 is 12.0 Å². The number of carbonyl (C=O) groups excluding carboxylic acids is 3. The molecule has 0 radical (unpaired) electrons. The molecule has 0 spiro atoms. The van der Waals surface area contributed by atoms with E-state index in [-0.39, 0.29) is 12.5 Å². The predicted octanol–water partition coefficient (Wildman–Crippen LogP) is 0.773. The van der Waals surface area contributed by atoms with Gasteiger partial charge in [0.05, 0.1) is 31.1 Å². The Labute approximate surface area is 167 Å². The van der Waals surface area contributed by atoms with Crippen molar-refractivity contribution in [2.24, 2.45) is 5.92 Å². The lowest BCUT2D eigenvalue weighted by molar-refractivity contribution is -0.131. The predicted molar refractivity (Wildman–Crippen MR) is 101 cm³/mol. The minimum absolute atomic E-state index is 0.0430. The summed E-state index contributed by atoms with van der Waals surface area (Å²) in [6, 6.07) is 5.28. The molecule has 2 rings (SSSR count). The quantitative estimate of drug-likeness (QED) is 0.289. The maximum absolute atomic E-state index is 12.1. The van der Waals surface area contributed by atoms with Gasteiger partial charge in [0.25, 0.3) is 5.91 Å². The minimum atomic E-state index is -0.873. The second kappa shape index (κ2) is 10.2. The number of amides is 3. The summed E-state index contributed by atoms with van der Waals surface area (Å²) in [7, 11) is 1.29. The summed E-state index contributed by atoms with van der Waals surface area (Å²) in [5.41, 5.74) is 2.79. The molecule has 2 aromatic rings. The van der Waals surface area contributed by atoms with Crippen LogP contribution in [0.15, 0.2) is 30.5 Å². The SMILES string of the molecule is COC(=O)c1ccccc1-n1cc(CNC(=O)N[C@@H](CC(C)C)C(=O)NO)nn1. The Kier molecular flexibility index (Phi) is 7.66. The number of hydrogen-bond donors (Lipinski definition) is 4. The van der Waals surface area contributed by atoms with Gasteiger partial charge < -0.3 is 15.4 Å². The van der Waals surface area contributed by atoms with Gasteiger partial charge in [0.1, 0.15) is 11.7 Å². The number of benzene rings is 1. The van der Waals surface area contributed by atoms with E-state index in [1.165, 1.54) is 11.8 Å². The van der Waals surface area contributed by atoms with E-state index in [9.17, 15) is 14.4 Å². The number of urea groups is 1. The molecule has 11 heteroatoms. The van der Waals surface area contributed by atoms with E-state index in [1.807, 2.05) is 13.8 Å². The Bertz CT molecular complexity index is 866. The van der Waals surface area contributed by atoms with Crippen molar-refractivity contribution in [2.45, 2.75) is 32.9 Å². The Morgan fingerprint density at radius 3 is 2.62 bits per heavy atom. The Hall–Kier alpha value is -3.47. The molecule has 0 saturated heterocycles. The fraction of sp³-hybridized carbons (Fsp3) is 0.389. The van der Waals surface area contributed by atoms with Gasteiger partial charge in [-0.05, 0) is 24.5 Å². The number of rotatable bonds is 8. The summed E-state index contributed by atoms with van der Waals surface area (Å²) in [5.74, 6) is -1.07. The zero-order valence-corrected chi connectivity index (χ0v) is 16.4. The standard InChI is InChI=1S/C18H24N6O5/c1-11(2)8-14(16(25)22-28)20-18(27)19-9-12-10-24(23-21-12)15-7-5-4-6-13(15)17(26)29-3/h4-7,10-11,14,28H,8-9H2,1-3H3,(H,22,25)(H2,19,20,27)/t14-/m0/s1. The van der Waals surface area contributed by atoms with E-state index in [4.69, 9.17) is 9.94 Å². The Morgan fingerprint density at radius 1 is 1.24 bits per heavy atom. The zero-order chi connectivity index (χ0) is 21.4. The van der Waals surface area contributed by atoms with Gasteiger partial charge in [0, 0.05) is 0 Å². The summed E-state index contributed by atoms with van der Waals surface area (Å²) in [6.07, 6.45) is 1.92. The third-order valence-corrected chi connectivity index (χ3v) is 3.97. The number of esters is 1. The highest BCUT2D eigenvalue weighted by Crippen LogP contribution is 2.14. The number of para-hydroxylation sites is 1. The molecule has 0 aliphatic heterocycles. The van der Waals surface area contributed by atoms with Crippen molar-refractivity contribution in [1.82, 2.24) is 31.1 Å².